The molecule has 18 heavy (non-hydrogen) atoms. The molecule has 0 amide bonds. The Balaban J connectivity index is 2.82. The van der Waals surface area contributed by atoms with E-state index in [4.69, 9.17) is 5.26 Å². The molecule has 0 radical (unpaired) electrons. The maximum absolute atomic E-state index is 9.36. The third-order valence-electron chi connectivity index (χ3n) is 4.06. The van der Waals surface area contributed by atoms with Crippen LogP contribution in [0.3, 0.4) is 0 Å². The Kier molecular flexibility index (Phi) is 2.33. The third kappa shape index (κ3) is 0.960. The Morgan fingerprint density at radius 1 is 0.889 bits per heavy atom. The second kappa shape index (κ2) is 3.60. The van der Waals surface area contributed by atoms with Gasteiger partial charge in [0.25, 0.3) is 0 Å². The van der Waals surface area contributed by atoms with Gasteiger partial charge in [-0.05, 0) is 12.8 Å². The Bertz CT molecular complexity index is 609. The summed E-state index contributed by atoms with van der Waals surface area (Å²) in [5, 5.41) is 46.4. The Labute approximate surface area is 104 Å². The van der Waals surface area contributed by atoms with E-state index in [1.54, 1.807) is 6.08 Å². The molecule has 5 heteroatoms. The number of hydrogen-bond acceptors (Lipinski definition) is 5. The van der Waals surface area contributed by atoms with Gasteiger partial charge < -0.3 is 0 Å². The fraction of sp³-hybridized carbons (Fsp3) is 0.462. The van der Waals surface area contributed by atoms with Crippen molar-refractivity contribution in [2.45, 2.75) is 12.8 Å². The van der Waals surface area contributed by atoms with E-state index in [2.05, 4.69) is 0 Å². The summed E-state index contributed by atoms with van der Waals surface area (Å²) in [6.07, 6.45) is 2.64. The van der Waals surface area contributed by atoms with Gasteiger partial charge >= 0.3 is 0 Å². The summed E-state index contributed by atoms with van der Waals surface area (Å²) in [5.74, 6) is -1.16. The summed E-state index contributed by atoms with van der Waals surface area (Å²) < 4.78 is 0. The molecule has 2 atom stereocenters. The van der Waals surface area contributed by atoms with Crippen LogP contribution in [0.1, 0.15) is 12.8 Å². The average molecular weight is 233 g/mol. The van der Waals surface area contributed by atoms with Gasteiger partial charge in [-0.2, -0.15) is 26.3 Å². The quantitative estimate of drug-likeness (QED) is 0.628. The Morgan fingerprint density at radius 2 is 1.44 bits per heavy atom. The first kappa shape index (κ1) is 11.7. The molecule has 1 saturated carbocycles. The highest BCUT2D eigenvalue weighted by molar-refractivity contribution is 5.49. The second-order valence-electron chi connectivity index (χ2n) is 4.53. The molecule has 0 N–H and O–H groups in total. The van der Waals surface area contributed by atoms with Crippen molar-refractivity contribution in [1.29, 1.82) is 26.3 Å². The van der Waals surface area contributed by atoms with Crippen LogP contribution in [0.15, 0.2) is 11.6 Å². The molecule has 2 unspecified atom stereocenters. The van der Waals surface area contributed by atoms with E-state index in [1.807, 2.05) is 30.3 Å². The van der Waals surface area contributed by atoms with Crippen molar-refractivity contribution in [3.8, 4) is 30.3 Å². The van der Waals surface area contributed by atoms with Crippen LogP contribution in [-0.4, -0.2) is 0 Å². The van der Waals surface area contributed by atoms with Gasteiger partial charge in [-0.25, -0.2) is 0 Å². The fourth-order valence-corrected chi connectivity index (χ4v) is 3.12. The zero-order valence-electron chi connectivity index (χ0n) is 9.38. The molecule has 1 fully saturated rings. The van der Waals surface area contributed by atoms with Crippen molar-refractivity contribution in [3.63, 3.8) is 0 Å². The van der Waals surface area contributed by atoms with Gasteiger partial charge in [0.1, 0.15) is 0 Å². The number of nitrogens with zero attached hydrogens (tertiary/aromatic N) is 5. The standard InChI is InChI=1S/C13H7N5/c14-4-9-3-10-1-2-11(9)13(7-17,8-18)12(10,5-15)6-16/h3,10-11H,1-2H2. The van der Waals surface area contributed by atoms with Crippen LogP contribution in [0.2, 0.25) is 0 Å². The van der Waals surface area contributed by atoms with Crippen LogP contribution in [0.4, 0.5) is 0 Å². The molecule has 0 aliphatic heterocycles. The van der Waals surface area contributed by atoms with Crippen molar-refractivity contribution >= 4 is 0 Å². The van der Waals surface area contributed by atoms with Crippen molar-refractivity contribution in [3.05, 3.63) is 11.6 Å². The van der Waals surface area contributed by atoms with E-state index >= 15 is 0 Å². The smallest absolute Gasteiger partial charge is 0.183 e. The maximum atomic E-state index is 9.36. The molecule has 0 aromatic carbocycles. The summed E-state index contributed by atoms with van der Waals surface area (Å²) in [4.78, 5) is 0. The van der Waals surface area contributed by atoms with Gasteiger partial charge in [0.15, 0.2) is 10.8 Å². The SMILES string of the molecule is N#CC1=CC2CCC1C(C#N)(C#N)C2(C#N)C#N. The van der Waals surface area contributed by atoms with E-state index in [9.17, 15) is 21.0 Å². The molecule has 0 heterocycles. The minimum absolute atomic E-state index is 0.357. The van der Waals surface area contributed by atoms with Gasteiger partial charge in [0.2, 0.25) is 0 Å². The highest BCUT2D eigenvalue weighted by Crippen LogP contribution is 2.61. The molecule has 84 valence electrons. The van der Waals surface area contributed by atoms with Crippen LogP contribution >= 0.6 is 0 Å². The molecular formula is C13H7N5. The van der Waals surface area contributed by atoms with E-state index in [0.717, 1.165) is 0 Å². The lowest BCUT2D eigenvalue weighted by molar-refractivity contribution is 0.0844. The summed E-state index contributed by atoms with van der Waals surface area (Å²) in [7, 11) is 0. The molecule has 3 rings (SSSR count). The molecule has 0 saturated heterocycles. The fourth-order valence-electron chi connectivity index (χ4n) is 3.12. The lowest BCUT2D eigenvalue weighted by Crippen LogP contribution is -2.54. The average Bonchev–Trinajstić information content (AvgIpc) is 2.46. The normalized spacial score (nSPS) is 29.6. The van der Waals surface area contributed by atoms with Gasteiger partial charge in [-0.15, -0.1) is 0 Å². The first-order valence-electron chi connectivity index (χ1n) is 5.42. The summed E-state index contributed by atoms with van der Waals surface area (Å²) in [6.45, 7) is 0. The van der Waals surface area contributed by atoms with Crippen molar-refractivity contribution in [1.82, 2.24) is 0 Å². The first-order chi connectivity index (χ1) is 8.65. The molecule has 0 aromatic rings. The maximum Gasteiger partial charge on any atom is 0.183 e. The lowest BCUT2D eigenvalue weighted by atomic mass is 9.45. The largest absolute Gasteiger partial charge is 0.196 e. The van der Waals surface area contributed by atoms with Crippen LogP contribution in [-0.2, 0) is 0 Å². The molecule has 2 bridgehead atoms. The zero-order chi connectivity index (χ0) is 13.4. The van der Waals surface area contributed by atoms with Crippen molar-refractivity contribution in [2.24, 2.45) is 22.7 Å². The summed E-state index contributed by atoms with van der Waals surface area (Å²) >= 11 is 0. The van der Waals surface area contributed by atoms with Crippen molar-refractivity contribution < 1.29 is 0 Å². The molecule has 0 spiro atoms. The number of allylic oxidation sites excluding steroid dienone is 2. The molecule has 0 aromatic heterocycles. The molecule has 3 aliphatic carbocycles. The monoisotopic (exact) mass is 233 g/mol. The van der Waals surface area contributed by atoms with Crippen LogP contribution in [0.25, 0.3) is 0 Å². The minimum Gasteiger partial charge on any atom is -0.196 e. The van der Waals surface area contributed by atoms with Crippen LogP contribution < -0.4 is 0 Å². The van der Waals surface area contributed by atoms with Gasteiger partial charge in [-0.1, -0.05) is 6.08 Å². The van der Waals surface area contributed by atoms with E-state index in [0.29, 0.717) is 18.4 Å². The minimum atomic E-state index is -1.74. The first-order valence-corrected chi connectivity index (χ1v) is 5.42. The van der Waals surface area contributed by atoms with Crippen LogP contribution in [0, 0.1) is 79.3 Å². The second-order valence-corrected chi connectivity index (χ2v) is 4.53. The van der Waals surface area contributed by atoms with Crippen molar-refractivity contribution in [2.75, 3.05) is 0 Å². The molecule has 3 aliphatic rings. The van der Waals surface area contributed by atoms with E-state index in [1.165, 1.54) is 0 Å². The summed E-state index contributed by atoms with van der Waals surface area (Å²) in [6, 6.07) is 9.45. The number of rotatable bonds is 0. The predicted molar refractivity (Wildman–Crippen MR) is 57.2 cm³/mol. The lowest BCUT2D eigenvalue weighted by Gasteiger charge is -2.49. The number of hydrogen-bond donors (Lipinski definition) is 0. The van der Waals surface area contributed by atoms with E-state index < -0.39 is 22.7 Å². The highest BCUT2D eigenvalue weighted by Gasteiger charge is 2.67. The number of fused-ring (bicyclic) bond motifs is 2. The zero-order valence-corrected chi connectivity index (χ0v) is 9.38. The number of nitriles is 5. The Morgan fingerprint density at radius 3 is 1.89 bits per heavy atom. The highest BCUT2D eigenvalue weighted by atomic mass is 14.7. The predicted octanol–water partition coefficient (Wildman–Crippen LogP) is 1.54. The third-order valence-corrected chi connectivity index (χ3v) is 4.06. The topological polar surface area (TPSA) is 119 Å². The van der Waals surface area contributed by atoms with Gasteiger partial charge in [-0.3, -0.25) is 0 Å². The summed E-state index contributed by atoms with van der Waals surface area (Å²) in [5.41, 5.74) is -3.05. The van der Waals surface area contributed by atoms with Gasteiger partial charge in [0, 0.05) is 17.4 Å². The molecule has 5 nitrogen and oxygen atoms in total. The Hall–Kier alpha value is -2.81. The molecular weight excluding hydrogens is 226 g/mol. The van der Waals surface area contributed by atoms with Crippen LogP contribution in [0.5, 0.6) is 0 Å². The van der Waals surface area contributed by atoms with Gasteiger partial charge in [0.05, 0.1) is 30.3 Å². The van der Waals surface area contributed by atoms with E-state index in [-0.39, 0.29) is 0 Å².